The first-order chi connectivity index (χ1) is 20.0. The van der Waals surface area contributed by atoms with E-state index in [-0.39, 0.29) is 17.9 Å². The third-order valence-corrected chi connectivity index (χ3v) is 8.49. The average Bonchev–Trinajstić information content (AvgIpc) is 3.19. The number of rotatable bonds is 8. The Morgan fingerprint density at radius 2 is 1.86 bits per heavy atom. The number of carbonyl (C=O) groups is 2. The molecule has 234 valence electrons. The smallest absolute Gasteiger partial charge is 0.416 e. The van der Waals surface area contributed by atoms with Gasteiger partial charge in [-0.2, -0.15) is 13.2 Å². The molecule has 43 heavy (non-hydrogen) atoms. The van der Waals surface area contributed by atoms with Gasteiger partial charge in [0.15, 0.2) is 0 Å². The Hall–Kier alpha value is -3.56. The number of esters is 1. The first kappa shape index (κ1) is 32.4. The summed E-state index contributed by atoms with van der Waals surface area (Å²) in [7, 11) is 2.92. The van der Waals surface area contributed by atoms with E-state index < -0.39 is 35.4 Å². The Kier molecular flexibility index (Phi) is 8.91. The van der Waals surface area contributed by atoms with Crippen LogP contribution in [0.15, 0.2) is 36.0 Å². The molecule has 4 rings (SSSR count). The molecule has 7 nitrogen and oxygen atoms in total. The van der Waals surface area contributed by atoms with Gasteiger partial charge in [-0.1, -0.05) is 25.5 Å². The SMILES string of the molecule is COC(=O)C(C)(C)Cc1cnc(OC)c(C2=C(CN3C(=O)O[C@H](c4cc(C)cc(C(F)(F)F)c4)[C@@H]3C)CC(C)(C)CC2)c1. The van der Waals surface area contributed by atoms with E-state index in [0.29, 0.717) is 29.8 Å². The Morgan fingerprint density at radius 1 is 1.16 bits per heavy atom. The van der Waals surface area contributed by atoms with Gasteiger partial charge in [0.05, 0.1) is 31.2 Å². The molecule has 0 radical (unpaired) electrons. The number of methoxy groups -OCH3 is 2. The zero-order chi connectivity index (χ0) is 31.9. The van der Waals surface area contributed by atoms with Crippen molar-refractivity contribution in [2.75, 3.05) is 20.8 Å². The van der Waals surface area contributed by atoms with Crippen LogP contribution in [0.4, 0.5) is 18.0 Å². The van der Waals surface area contributed by atoms with Crippen LogP contribution in [-0.4, -0.2) is 48.8 Å². The van der Waals surface area contributed by atoms with Gasteiger partial charge >= 0.3 is 18.2 Å². The highest BCUT2D eigenvalue weighted by Gasteiger charge is 2.42. The monoisotopic (exact) mass is 602 g/mol. The molecule has 1 fully saturated rings. The number of ether oxygens (including phenoxy) is 3. The molecular formula is C33H41F3N2O5. The van der Waals surface area contributed by atoms with Gasteiger partial charge in [-0.3, -0.25) is 9.69 Å². The van der Waals surface area contributed by atoms with Crippen molar-refractivity contribution in [1.82, 2.24) is 9.88 Å². The third kappa shape index (κ3) is 6.99. The maximum atomic E-state index is 13.5. The molecule has 1 aromatic heterocycles. The Bertz CT molecular complexity index is 1430. The molecular weight excluding hydrogens is 561 g/mol. The number of nitrogens with zero attached hydrogens (tertiary/aromatic N) is 2. The molecule has 2 atom stereocenters. The van der Waals surface area contributed by atoms with Crippen molar-refractivity contribution < 1.29 is 37.0 Å². The topological polar surface area (TPSA) is 78.0 Å². The van der Waals surface area contributed by atoms with Gasteiger partial charge in [0.2, 0.25) is 5.88 Å². The number of pyridine rings is 1. The minimum Gasteiger partial charge on any atom is -0.481 e. The second kappa shape index (κ2) is 11.8. The predicted molar refractivity (Wildman–Crippen MR) is 156 cm³/mol. The summed E-state index contributed by atoms with van der Waals surface area (Å²) in [5.74, 6) is 0.123. The van der Waals surface area contributed by atoms with Crippen LogP contribution in [0.25, 0.3) is 5.57 Å². The summed E-state index contributed by atoms with van der Waals surface area (Å²) in [6.07, 6.45) is -1.49. The van der Waals surface area contributed by atoms with E-state index in [1.807, 2.05) is 19.9 Å². The number of carbonyl (C=O) groups excluding carboxylic acids is 2. The minimum atomic E-state index is -4.51. The lowest BCUT2D eigenvalue weighted by Crippen LogP contribution is -2.35. The van der Waals surface area contributed by atoms with E-state index in [4.69, 9.17) is 14.2 Å². The number of hydrogen-bond donors (Lipinski definition) is 0. The van der Waals surface area contributed by atoms with Crippen LogP contribution in [0.5, 0.6) is 5.88 Å². The Labute approximate surface area is 251 Å². The number of cyclic esters (lactones) is 1. The van der Waals surface area contributed by atoms with Crippen LogP contribution in [0.3, 0.4) is 0 Å². The molecule has 0 N–H and O–H groups in total. The van der Waals surface area contributed by atoms with Gasteiger partial charge in [0.25, 0.3) is 0 Å². The van der Waals surface area contributed by atoms with Crippen molar-refractivity contribution >= 4 is 17.6 Å². The van der Waals surface area contributed by atoms with Gasteiger partial charge in [0, 0.05) is 18.3 Å². The number of hydrogen-bond acceptors (Lipinski definition) is 6. The van der Waals surface area contributed by atoms with Gasteiger partial charge < -0.3 is 14.2 Å². The van der Waals surface area contributed by atoms with E-state index in [0.717, 1.165) is 47.2 Å². The summed E-state index contributed by atoms with van der Waals surface area (Å²) >= 11 is 0. The minimum absolute atomic E-state index is 0.0333. The summed E-state index contributed by atoms with van der Waals surface area (Å²) in [5.41, 5.74) is 2.88. The second-order valence-corrected chi connectivity index (χ2v) is 13.2. The summed E-state index contributed by atoms with van der Waals surface area (Å²) in [6, 6.07) is 5.29. The summed E-state index contributed by atoms with van der Waals surface area (Å²) < 4.78 is 57.0. The van der Waals surface area contributed by atoms with Gasteiger partial charge in [-0.05, 0) is 99.3 Å². The quantitative estimate of drug-likeness (QED) is 0.288. The zero-order valence-electron chi connectivity index (χ0n) is 26.1. The number of alkyl halides is 3. The van der Waals surface area contributed by atoms with E-state index in [2.05, 4.69) is 18.8 Å². The normalized spacial score (nSPS) is 20.7. The Morgan fingerprint density at radius 3 is 2.49 bits per heavy atom. The van der Waals surface area contributed by atoms with E-state index >= 15 is 0 Å². The van der Waals surface area contributed by atoms with Crippen molar-refractivity contribution in [3.05, 3.63) is 63.9 Å². The molecule has 10 heteroatoms. The lowest BCUT2D eigenvalue weighted by atomic mass is 9.72. The summed E-state index contributed by atoms with van der Waals surface area (Å²) in [6.45, 7) is 11.6. The Balaban J connectivity index is 1.71. The number of halogens is 3. The highest BCUT2D eigenvalue weighted by atomic mass is 19.4. The zero-order valence-corrected chi connectivity index (χ0v) is 26.1. The van der Waals surface area contributed by atoms with Crippen LogP contribution in [0.1, 0.15) is 87.8 Å². The van der Waals surface area contributed by atoms with Crippen LogP contribution >= 0.6 is 0 Å². The number of aromatic nitrogens is 1. The van der Waals surface area contributed by atoms with Crippen LogP contribution in [0.2, 0.25) is 0 Å². The number of allylic oxidation sites excluding steroid dienone is 1. The molecule has 1 aliphatic heterocycles. The van der Waals surface area contributed by atoms with Crippen molar-refractivity contribution in [3.63, 3.8) is 0 Å². The highest BCUT2D eigenvalue weighted by molar-refractivity contribution is 5.78. The van der Waals surface area contributed by atoms with Crippen LogP contribution < -0.4 is 4.74 Å². The molecule has 1 aromatic carbocycles. The van der Waals surface area contributed by atoms with Crippen molar-refractivity contribution in [2.45, 2.75) is 85.5 Å². The average molecular weight is 603 g/mol. The maximum Gasteiger partial charge on any atom is 0.416 e. The van der Waals surface area contributed by atoms with Crippen molar-refractivity contribution in [1.29, 1.82) is 0 Å². The fourth-order valence-electron chi connectivity index (χ4n) is 6.23. The first-order valence-electron chi connectivity index (χ1n) is 14.4. The van der Waals surface area contributed by atoms with E-state index in [9.17, 15) is 22.8 Å². The molecule has 0 unspecified atom stereocenters. The molecule has 2 aliphatic rings. The molecule has 0 saturated carbocycles. The second-order valence-electron chi connectivity index (χ2n) is 13.2. The number of benzene rings is 1. The van der Waals surface area contributed by atoms with Gasteiger partial charge in [0.1, 0.15) is 6.10 Å². The van der Waals surface area contributed by atoms with Crippen LogP contribution in [0, 0.1) is 17.8 Å². The first-order valence-corrected chi connectivity index (χ1v) is 14.4. The highest BCUT2D eigenvalue weighted by Crippen LogP contribution is 2.46. The summed E-state index contributed by atoms with van der Waals surface area (Å²) in [4.78, 5) is 31.7. The maximum absolute atomic E-state index is 13.5. The van der Waals surface area contributed by atoms with Gasteiger partial charge in [-0.15, -0.1) is 0 Å². The molecule has 1 aliphatic carbocycles. The number of amides is 1. The lowest BCUT2D eigenvalue weighted by Gasteiger charge is -2.35. The standard InChI is InChI=1S/C33H41F3N2O5/c1-19-11-22(14-24(12-19)33(34,35)36)27-20(2)38(30(40)43-27)18-23-16-31(3,4)10-9-25(23)26-13-21(17-37-28(26)41-7)15-32(5,6)29(39)42-8/h11-14,17,20,27H,9-10,15-16,18H2,1-8H3/t20-,27-/m0/s1. The number of aryl methyl sites for hydroxylation is 1. The molecule has 2 aromatic rings. The molecule has 2 heterocycles. The van der Waals surface area contributed by atoms with Crippen LogP contribution in [-0.2, 0) is 26.9 Å². The van der Waals surface area contributed by atoms with Crippen molar-refractivity contribution in [3.8, 4) is 5.88 Å². The molecule has 0 bridgehead atoms. The molecule has 0 spiro atoms. The molecule has 1 amide bonds. The van der Waals surface area contributed by atoms with E-state index in [1.165, 1.54) is 7.11 Å². The third-order valence-electron chi connectivity index (χ3n) is 8.49. The molecule has 1 saturated heterocycles. The van der Waals surface area contributed by atoms with Crippen molar-refractivity contribution in [2.24, 2.45) is 10.8 Å². The predicted octanol–water partition coefficient (Wildman–Crippen LogP) is 7.70. The van der Waals surface area contributed by atoms with E-state index in [1.54, 1.807) is 38.1 Å². The van der Waals surface area contributed by atoms with Gasteiger partial charge in [-0.25, -0.2) is 9.78 Å². The fraction of sp³-hybridized carbons (Fsp3) is 0.545. The summed E-state index contributed by atoms with van der Waals surface area (Å²) in [5, 5.41) is 0. The fourth-order valence-corrected chi connectivity index (χ4v) is 6.23. The largest absolute Gasteiger partial charge is 0.481 e. The lowest BCUT2D eigenvalue weighted by molar-refractivity contribution is -0.150.